The van der Waals surface area contributed by atoms with Crippen LogP contribution in [0, 0.1) is 40.4 Å². The van der Waals surface area contributed by atoms with Crippen molar-refractivity contribution in [3.63, 3.8) is 0 Å². The monoisotopic (exact) mass is 487 g/mol. The van der Waals surface area contributed by atoms with Crippen molar-refractivity contribution in [2.45, 2.75) is 142 Å². The Morgan fingerprint density at radius 1 is 0.914 bits per heavy atom. The summed E-state index contributed by atoms with van der Waals surface area (Å²) in [6.45, 7) is 4.98. The molecule has 0 aromatic rings. The molecule has 200 valence electrons. The Kier molecular flexibility index (Phi) is 9.04. The van der Waals surface area contributed by atoms with Gasteiger partial charge in [0.15, 0.2) is 0 Å². The van der Waals surface area contributed by atoms with E-state index in [1.54, 1.807) is 0 Å². The molecule has 4 fully saturated rings. The zero-order valence-corrected chi connectivity index (χ0v) is 22.7. The summed E-state index contributed by atoms with van der Waals surface area (Å²) in [5.41, 5.74) is 5.67. The highest BCUT2D eigenvalue weighted by Gasteiger charge is 2.62. The van der Waals surface area contributed by atoms with Crippen molar-refractivity contribution in [2.75, 3.05) is 0 Å². The van der Waals surface area contributed by atoms with E-state index in [9.17, 15) is 14.7 Å². The van der Waals surface area contributed by atoms with E-state index in [1.165, 1.54) is 77.0 Å². The number of hydrogen-bond acceptors (Lipinski definition) is 3. The molecule has 0 radical (unpaired) electrons. The number of rotatable bonds is 12. The standard InChI is InChI=1S/C31H53NO3/c1-30-19-18-24(33)20-23(30)14-15-25-26-16-17-27(34)31(26,2)21-22(29(25)30)12-10-8-6-4-3-5-7-9-11-13-28(32)35/h22-23,25-27,29,34H,3-21H2,1-2H3,(H2,32,35)/t22?,23?,25-,26-,27?,29+,30-,31-/m0/s1. The van der Waals surface area contributed by atoms with Gasteiger partial charge in [0.1, 0.15) is 5.78 Å². The van der Waals surface area contributed by atoms with Crippen LogP contribution in [0.1, 0.15) is 136 Å². The molecule has 0 saturated heterocycles. The minimum Gasteiger partial charge on any atom is -0.393 e. The third kappa shape index (κ3) is 5.83. The lowest BCUT2D eigenvalue weighted by molar-refractivity contribution is -0.159. The fourth-order valence-electron chi connectivity index (χ4n) is 9.65. The highest BCUT2D eigenvalue weighted by molar-refractivity contribution is 5.79. The van der Waals surface area contributed by atoms with Gasteiger partial charge in [-0.15, -0.1) is 0 Å². The van der Waals surface area contributed by atoms with Crippen molar-refractivity contribution in [3.05, 3.63) is 0 Å². The van der Waals surface area contributed by atoms with Crippen molar-refractivity contribution in [3.8, 4) is 0 Å². The van der Waals surface area contributed by atoms with Crippen molar-refractivity contribution in [2.24, 2.45) is 46.2 Å². The summed E-state index contributed by atoms with van der Waals surface area (Å²) in [5.74, 6) is 3.88. The van der Waals surface area contributed by atoms with E-state index in [2.05, 4.69) is 13.8 Å². The number of fused-ring (bicyclic) bond motifs is 5. The fraction of sp³-hybridized carbons (Fsp3) is 0.935. The molecule has 8 atom stereocenters. The van der Waals surface area contributed by atoms with Crippen LogP contribution in [0.3, 0.4) is 0 Å². The zero-order chi connectivity index (χ0) is 25.1. The minimum absolute atomic E-state index is 0.114. The Hall–Kier alpha value is -0.900. The summed E-state index contributed by atoms with van der Waals surface area (Å²) in [4.78, 5) is 23.1. The lowest BCUT2D eigenvalue weighted by atomic mass is 9.42. The van der Waals surface area contributed by atoms with Crippen molar-refractivity contribution >= 4 is 11.7 Å². The first kappa shape index (κ1) is 27.1. The van der Waals surface area contributed by atoms with Gasteiger partial charge in [0.05, 0.1) is 6.10 Å². The SMILES string of the molecule is C[C@]12CCC(=O)CC1CC[C@@H]1[C@H]2C(CCCCCCCCCCCC(N)=O)C[C@]2(C)C(O)CC[C@@H]12. The molecule has 0 aromatic heterocycles. The molecule has 3 N–H and O–H groups in total. The van der Waals surface area contributed by atoms with E-state index in [-0.39, 0.29) is 17.4 Å². The second kappa shape index (κ2) is 11.7. The van der Waals surface area contributed by atoms with Crippen LogP contribution in [-0.2, 0) is 9.59 Å². The van der Waals surface area contributed by atoms with Crippen LogP contribution in [0.15, 0.2) is 0 Å². The van der Waals surface area contributed by atoms with Gasteiger partial charge in [0, 0.05) is 19.3 Å². The molecule has 35 heavy (non-hydrogen) atoms. The van der Waals surface area contributed by atoms with Crippen LogP contribution in [0.5, 0.6) is 0 Å². The Labute approximate surface area is 214 Å². The first-order chi connectivity index (χ1) is 16.8. The lowest BCUT2D eigenvalue weighted by Crippen LogP contribution is -2.57. The van der Waals surface area contributed by atoms with Crippen LogP contribution in [0.25, 0.3) is 0 Å². The van der Waals surface area contributed by atoms with Gasteiger partial charge in [-0.05, 0) is 85.4 Å². The van der Waals surface area contributed by atoms with Gasteiger partial charge in [-0.3, -0.25) is 9.59 Å². The average Bonchev–Trinajstić information content (AvgIpc) is 3.11. The molecule has 4 saturated carbocycles. The van der Waals surface area contributed by atoms with Gasteiger partial charge in [0.25, 0.3) is 0 Å². The number of unbranched alkanes of at least 4 members (excludes halogenated alkanes) is 8. The van der Waals surface area contributed by atoms with Crippen LogP contribution < -0.4 is 5.73 Å². The van der Waals surface area contributed by atoms with Gasteiger partial charge < -0.3 is 10.8 Å². The van der Waals surface area contributed by atoms with E-state index >= 15 is 0 Å². The highest BCUT2D eigenvalue weighted by Crippen LogP contribution is 2.68. The first-order valence-corrected chi connectivity index (χ1v) is 15.2. The molecular weight excluding hydrogens is 434 g/mol. The normalized spacial score (nSPS) is 40.7. The van der Waals surface area contributed by atoms with Crippen molar-refractivity contribution in [1.82, 2.24) is 0 Å². The van der Waals surface area contributed by atoms with Gasteiger partial charge in [-0.2, -0.15) is 0 Å². The number of Topliss-reactive ketones (excluding diaryl/α,β-unsaturated/α-hetero) is 1. The molecular formula is C31H53NO3. The molecule has 1 amide bonds. The summed E-state index contributed by atoms with van der Waals surface area (Å²) in [7, 11) is 0. The molecule has 4 nitrogen and oxygen atoms in total. The van der Waals surface area contributed by atoms with Gasteiger partial charge in [-0.1, -0.05) is 71.6 Å². The topological polar surface area (TPSA) is 80.4 Å². The smallest absolute Gasteiger partial charge is 0.217 e. The quantitative estimate of drug-likeness (QED) is 0.292. The number of nitrogens with two attached hydrogens (primary N) is 1. The van der Waals surface area contributed by atoms with E-state index in [0.29, 0.717) is 29.5 Å². The molecule has 0 heterocycles. The maximum Gasteiger partial charge on any atom is 0.217 e. The van der Waals surface area contributed by atoms with Crippen LogP contribution in [-0.4, -0.2) is 22.9 Å². The van der Waals surface area contributed by atoms with Crippen molar-refractivity contribution in [1.29, 1.82) is 0 Å². The van der Waals surface area contributed by atoms with E-state index in [1.807, 2.05) is 0 Å². The summed E-state index contributed by atoms with van der Waals surface area (Å²) < 4.78 is 0. The van der Waals surface area contributed by atoms with Gasteiger partial charge in [-0.25, -0.2) is 0 Å². The summed E-state index contributed by atoms with van der Waals surface area (Å²) in [6.07, 6.45) is 21.6. The number of carbonyl (C=O) groups is 2. The predicted octanol–water partition coefficient (Wildman–Crippen LogP) is 6.96. The molecule has 0 bridgehead atoms. The van der Waals surface area contributed by atoms with Gasteiger partial charge in [0.2, 0.25) is 5.91 Å². The van der Waals surface area contributed by atoms with Crippen LogP contribution in [0.2, 0.25) is 0 Å². The highest BCUT2D eigenvalue weighted by atomic mass is 16.3. The Bertz CT molecular complexity index is 737. The third-order valence-electron chi connectivity index (χ3n) is 11.5. The van der Waals surface area contributed by atoms with Crippen molar-refractivity contribution < 1.29 is 14.7 Å². The third-order valence-corrected chi connectivity index (χ3v) is 11.5. The Balaban J connectivity index is 1.28. The molecule has 4 aliphatic rings. The lowest BCUT2D eigenvalue weighted by Gasteiger charge is -2.62. The Morgan fingerprint density at radius 3 is 2.26 bits per heavy atom. The molecule has 4 heteroatoms. The molecule has 4 rings (SSSR count). The first-order valence-electron chi connectivity index (χ1n) is 15.2. The number of hydrogen-bond donors (Lipinski definition) is 2. The van der Waals surface area contributed by atoms with E-state index < -0.39 is 0 Å². The summed E-state index contributed by atoms with van der Waals surface area (Å²) in [6, 6.07) is 0. The molecule has 4 aliphatic carbocycles. The maximum atomic E-state index is 12.3. The average molecular weight is 488 g/mol. The number of primary amides is 1. The second-order valence-corrected chi connectivity index (χ2v) is 13.6. The minimum atomic E-state index is -0.170. The predicted molar refractivity (Wildman–Crippen MR) is 142 cm³/mol. The summed E-state index contributed by atoms with van der Waals surface area (Å²) >= 11 is 0. The molecule has 0 spiro atoms. The van der Waals surface area contributed by atoms with Crippen LogP contribution in [0.4, 0.5) is 0 Å². The maximum absolute atomic E-state index is 12.3. The zero-order valence-electron chi connectivity index (χ0n) is 22.7. The number of amides is 1. The number of aliphatic hydroxyl groups excluding tert-OH is 1. The van der Waals surface area contributed by atoms with Gasteiger partial charge >= 0.3 is 0 Å². The molecule has 0 aromatic carbocycles. The fourth-order valence-corrected chi connectivity index (χ4v) is 9.65. The number of aliphatic hydroxyl groups is 1. The molecule has 3 unspecified atom stereocenters. The van der Waals surface area contributed by atoms with Crippen LogP contribution >= 0.6 is 0 Å². The molecule has 0 aliphatic heterocycles. The number of carbonyl (C=O) groups excluding carboxylic acids is 2. The second-order valence-electron chi connectivity index (χ2n) is 13.6. The number of ketones is 1. The summed E-state index contributed by atoms with van der Waals surface area (Å²) in [5, 5.41) is 11.0. The Morgan fingerprint density at radius 2 is 1.57 bits per heavy atom. The largest absolute Gasteiger partial charge is 0.393 e. The van der Waals surface area contributed by atoms with E-state index in [0.717, 1.165) is 56.3 Å². The van der Waals surface area contributed by atoms with E-state index in [4.69, 9.17) is 5.73 Å².